The largest absolute Gasteiger partial charge is 0.489 e. The molecule has 1 N–H and O–H groups in total. The van der Waals surface area contributed by atoms with Crippen molar-refractivity contribution in [3.05, 3.63) is 94.5 Å². The minimum atomic E-state index is -0.790. The standard InChI is InChI=1S/C25H24ClNO3/c1-17-22(14-25(28)29)23-13-21(30-16-19-5-3-2-4-6-19)11-12-24(23)27(17)15-18-7-9-20(26)10-8-18/h2-13,17,22H,14-16H2,1H3,(H,28,29). The van der Waals surface area contributed by atoms with Crippen LogP contribution in [0.4, 0.5) is 5.69 Å². The van der Waals surface area contributed by atoms with Crippen molar-refractivity contribution in [2.24, 2.45) is 0 Å². The summed E-state index contributed by atoms with van der Waals surface area (Å²) >= 11 is 6.02. The van der Waals surface area contributed by atoms with Gasteiger partial charge in [0.2, 0.25) is 0 Å². The van der Waals surface area contributed by atoms with Crippen molar-refractivity contribution in [3.63, 3.8) is 0 Å². The number of aliphatic carboxylic acids is 1. The van der Waals surface area contributed by atoms with Crippen LogP contribution in [-0.2, 0) is 17.9 Å². The van der Waals surface area contributed by atoms with Crippen molar-refractivity contribution in [2.75, 3.05) is 4.90 Å². The van der Waals surface area contributed by atoms with E-state index >= 15 is 0 Å². The highest BCUT2D eigenvalue weighted by molar-refractivity contribution is 6.30. The Balaban J connectivity index is 1.59. The summed E-state index contributed by atoms with van der Waals surface area (Å²) in [5.41, 5.74) is 4.33. The number of rotatable bonds is 7. The maximum atomic E-state index is 11.5. The van der Waals surface area contributed by atoms with Gasteiger partial charge in [-0.2, -0.15) is 0 Å². The minimum Gasteiger partial charge on any atom is -0.489 e. The minimum absolute atomic E-state index is 0.0659. The third-order valence-corrected chi connectivity index (χ3v) is 5.94. The van der Waals surface area contributed by atoms with E-state index in [0.717, 1.165) is 28.1 Å². The van der Waals surface area contributed by atoms with E-state index in [1.807, 2.05) is 72.8 Å². The van der Waals surface area contributed by atoms with Crippen molar-refractivity contribution in [1.29, 1.82) is 0 Å². The molecule has 0 amide bonds. The van der Waals surface area contributed by atoms with Gasteiger partial charge in [-0.05, 0) is 53.9 Å². The zero-order valence-electron chi connectivity index (χ0n) is 16.8. The van der Waals surface area contributed by atoms with Crippen molar-refractivity contribution < 1.29 is 14.6 Å². The fraction of sp³-hybridized carbons (Fsp3) is 0.240. The SMILES string of the molecule is CC1C(CC(=O)O)c2cc(OCc3ccccc3)ccc2N1Cc1ccc(Cl)cc1. The molecule has 154 valence electrons. The molecule has 3 aromatic carbocycles. The number of ether oxygens (including phenoxy) is 1. The number of halogens is 1. The topological polar surface area (TPSA) is 49.8 Å². The first-order valence-electron chi connectivity index (χ1n) is 10.0. The summed E-state index contributed by atoms with van der Waals surface area (Å²) in [6, 6.07) is 23.9. The number of carbonyl (C=O) groups is 1. The summed E-state index contributed by atoms with van der Waals surface area (Å²) in [6.07, 6.45) is 0.0907. The molecule has 0 saturated heterocycles. The molecule has 2 atom stereocenters. The van der Waals surface area contributed by atoms with Crippen molar-refractivity contribution >= 4 is 23.3 Å². The average Bonchev–Trinajstić information content (AvgIpc) is 2.99. The Kier molecular flexibility index (Phi) is 5.96. The Hall–Kier alpha value is -2.98. The van der Waals surface area contributed by atoms with Gasteiger partial charge >= 0.3 is 5.97 Å². The average molecular weight is 422 g/mol. The van der Waals surface area contributed by atoms with E-state index < -0.39 is 5.97 Å². The quantitative estimate of drug-likeness (QED) is 0.517. The van der Waals surface area contributed by atoms with E-state index in [9.17, 15) is 9.90 Å². The van der Waals surface area contributed by atoms with E-state index in [1.165, 1.54) is 0 Å². The molecule has 0 spiro atoms. The molecule has 1 aliphatic heterocycles. The number of fused-ring (bicyclic) bond motifs is 1. The molecule has 30 heavy (non-hydrogen) atoms. The van der Waals surface area contributed by atoms with E-state index in [0.29, 0.717) is 18.2 Å². The van der Waals surface area contributed by atoms with E-state index in [-0.39, 0.29) is 18.4 Å². The second-order valence-electron chi connectivity index (χ2n) is 7.69. The summed E-state index contributed by atoms with van der Waals surface area (Å²) < 4.78 is 5.99. The van der Waals surface area contributed by atoms with Gasteiger partial charge in [-0.3, -0.25) is 4.79 Å². The summed E-state index contributed by atoms with van der Waals surface area (Å²) in [7, 11) is 0. The first kappa shape index (κ1) is 20.3. The van der Waals surface area contributed by atoms with Crippen LogP contribution in [0.25, 0.3) is 0 Å². The van der Waals surface area contributed by atoms with Gasteiger partial charge in [-0.15, -0.1) is 0 Å². The fourth-order valence-corrected chi connectivity index (χ4v) is 4.23. The molecular weight excluding hydrogens is 398 g/mol. The lowest BCUT2D eigenvalue weighted by atomic mass is 9.92. The van der Waals surface area contributed by atoms with E-state index in [2.05, 4.69) is 11.8 Å². The lowest BCUT2D eigenvalue weighted by Gasteiger charge is -2.27. The highest BCUT2D eigenvalue weighted by atomic mass is 35.5. The van der Waals surface area contributed by atoms with Gasteiger partial charge < -0.3 is 14.7 Å². The van der Waals surface area contributed by atoms with Crippen LogP contribution in [0.2, 0.25) is 5.02 Å². The zero-order valence-corrected chi connectivity index (χ0v) is 17.5. The number of hydrogen-bond acceptors (Lipinski definition) is 3. The maximum absolute atomic E-state index is 11.5. The summed E-state index contributed by atoms with van der Waals surface area (Å²) in [4.78, 5) is 13.8. The van der Waals surface area contributed by atoms with Gasteiger partial charge in [0.15, 0.2) is 0 Å². The first-order valence-corrected chi connectivity index (χ1v) is 10.4. The van der Waals surface area contributed by atoms with E-state index in [1.54, 1.807) is 0 Å². The number of carboxylic acids is 1. The number of benzene rings is 3. The molecule has 1 heterocycles. The number of hydrogen-bond donors (Lipinski definition) is 1. The predicted molar refractivity (Wildman–Crippen MR) is 119 cm³/mol. The Morgan fingerprint density at radius 1 is 1.03 bits per heavy atom. The predicted octanol–water partition coefficient (Wildman–Crippen LogP) is 5.89. The third kappa shape index (κ3) is 4.44. The zero-order chi connectivity index (χ0) is 21.1. The smallest absolute Gasteiger partial charge is 0.304 e. The number of carboxylic acid groups (broad SMARTS) is 1. The van der Waals surface area contributed by atoms with E-state index in [4.69, 9.17) is 16.3 Å². The molecule has 4 nitrogen and oxygen atoms in total. The number of anilines is 1. The normalized spacial score (nSPS) is 17.6. The van der Waals surface area contributed by atoms with Crippen LogP contribution in [0.5, 0.6) is 5.75 Å². The van der Waals surface area contributed by atoms with Crippen LogP contribution < -0.4 is 9.64 Å². The van der Waals surface area contributed by atoms with Crippen LogP contribution in [0.3, 0.4) is 0 Å². The summed E-state index contributed by atoms with van der Waals surface area (Å²) in [5, 5.41) is 10.2. The number of nitrogens with zero attached hydrogens (tertiary/aromatic N) is 1. The summed E-state index contributed by atoms with van der Waals surface area (Å²) in [5.74, 6) is -0.125. The fourth-order valence-electron chi connectivity index (χ4n) is 4.10. The molecule has 4 rings (SSSR count). The second kappa shape index (κ2) is 8.80. The maximum Gasteiger partial charge on any atom is 0.304 e. The van der Waals surface area contributed by atoms with Crippen LogP contribution in [0.1, 0.15) is 36.0 Å². The van der Waals surface area contributed by atoms with Crippen LogP contribution in [0, 0.1) is 0 Å². The molecule has 0 aliphatic carbocycles. The van der Waals surface area contributed by atoms with Crippen molar-refractivity contribution in [3.8, 4) is 5.75 Å². The second-order valence-corrected chi connectivity index (χ2v) is 8.13. The molecule has 0 saturated carbocycles. The highest BCUT2D eigenvalue weighted by Crippen LogP contribution is 2.45. The molecule has 0 fully saturated rings. The summed E-state index contributed by atoms with van der Waals surface area (Å²) in [6.45, 7) is 3.27. The van der Waals surface area contributed by atoms with Crippen LogP contribution >= 0.6 is 11.6 Å². The van der Waals surface area contributed by atoms with Gasteiger partial charge in [0.05, 0.1) is 6.42 Å². The molecule has 1 aliphatic rings. The van der Waals surface area contributed by atoms with Gasteiger partial charge in [0.25, 0.3) is 0 Å². The highest BCUT2D eigenvalue weighted by Gasteiger charge is 2.37. The Bertz CT molecular complexity index is 1020. The third-order valence-electron chi connectivity index (χ3n) is 5.69. The van der Waals surface area contributed by atoms with Crippen LogP contribution in [0.15, 0.2) is 72.8 Å². The first-order chi connectivity index (χ1) is 14.5. The molecule has 0 aromatic heterocycles. The Morgan fingerprint density at radius 3 is 2.47 bits per heavy atom. The van der Waals surface area contributed by atoms with Gasteiger partial charge in [-0.25, -0.2) is 0 Å². The van der Waals surface area contributed by atoms with Crippen molar-refractivity contribution in [2.45, 2.75) is 38.5 Å². The van der Waals surface area contributed by atoms with Crippen molar-refractivity contribution in [1.82, 2.24) is 0 Å². The molecule has 2 unspecified atom stereocenters. The monoisotopic (exact) mass is 421 g/mol. The molecule has 5 heteroatoms. The Labute approximate surface area is 181 Å². The molecule has 0 radical (unpaired) electrons. The van der Waals surface area contributed by atoms with Gasteiger partial charge in [0.1, 0.15) is 12.4 Å². The molecule has 3 aromatic rings. The lowest BCUT2D eigenvalue weighted by Crippen LogP contribution is -2.31. The molecular formula is C25H24ClNO3. The van der Waals surface area contributed by atoms with Crippen LogP contribution in [-0.4, -0.2) is 17.1 Å². The Morgan fingerprint density at radius 2 is 1.77 bits per heavy atom. The van der Waals surface area contributed by atoms with Gasteiger partial charge in [0, 0.05) is 29.2 Å². The molecule has 0 bridgehead atoms. The van der Waals surface area contributed by atoms with Gasteiger partial charge in [-0.1, -0.05) is 54.1 Å². The lowest BCUT2D eigenvalue weighted by molar-refractivity contribution is -0.137.